The molecule has 0 fully saturated rings. The molecule has 19 heavy (non-hydrogen) atoms. The molecule has 1 aromatic heterocycles. The molecule has 1 heterocycles. The molecule has 0 saturated carbocycles. The maximum Gasteiger partial charge on any atom is 0.244 e. The van der Waals surface area contributed by atoms with Gasteiger partial charge in [0, 0.05) is 17.3 Å². The predicted octanol–water partition coefficient (Wildman–Crippen LogP) is 3.17. The van der Waals surface area contributed by atoms with Crippen molar-refractivity contribution in [3.8, 4) is 0 Å². The Kier molecular flexibility index (Phi) is 4.30. The summed E-state index contributed by atoms with van der Waals surface area (Å²) in [6.45, 7) is 6.19. The van der Waals surface area contributed by atoms with Gasteiger partial charge in [0.15, 0.2) is 5.82 Å². The highest BCUT2D eigenvalue weighted by Gasteiger charge is 2.03. The molecule has 0 bridgehead atoms. The third-order valence-corrected chi connectivity index (χ3v) is 2.66. The molecule has 0 spiro atoms. The summed E-state index contributed by atoms with van der Waals surface area (Å²) >= 11 is 5.97. The van der Waals surface area contributed by atoms with Gasteiger partial charge in [0.1, 0.15) is 0 Å². The van der Waals surface area contributed by atoms with Crippen molar-refractivity contribution in [3.05, 3.63) is 47.6 Å². The Morgan fingerprint density at radius 2 is 2.26 bits per heavy atom. The van der Waals surface area contributed by atoms with Crippen LogP contribution in [0.4, 0.5) is 17.5 Å². The fraction of sp³-hybridized carbons (Fsp3) is 0.154. The van der Waals surface area contributed by atoms with E-state index >= 15 is 0 Å². The lowest BCUT2D eigenvalue weighted by atomic mass is 10.2. The molecule has 0 radical (unpaired) electrons. The van der Waals surface area contributed by atoms with E-state index in [-0.39, 0.29) is 0 Å². The van der Waals surface area contributed by atoms with E-state index in [1.807, 2.05) is 25.1 Å². The SMILES string of the molecule is C=CCNc1nncc(Nc2cc(Cl)ccc2C)n1. The van der Waals surface area contributed by atoms with E-state index in [4.69, 9.17) is 11.6 Å². The van der Waals surface area contributed by atoms with Gasteiger partial charge in [0.05, 0.1) is 6.20 Å². The number of nitrogens with zero attached hydrogens (tertiary/aromatic N) is 3. The normalized spacial score (nSPS) is 10.0. The van der Waals surface area contributed by atoms with Crippen LogP contribution in [0.25, 0.3) is 0 Å². The highest BCUT2D eigenvalue weighted by molar-refractivity contribution is 6.30. The first kappa shape index (κ1) is 13.3. The molecule has 98 valence electrons. The number of hydrogen-bond acceptors (Lipinski definition) is 5. The molecule has 2 rings (SSSR count). The van der Waals surface area contributed by atoms with E-state index in [0.717, 1.165) is 11.3 Å². The molecule has 5 nitrogen and oxygen atoms in total. The number of anilines is 3. The van der Waals surface area contributed by atoms with Gasteiger partial charge in [0.25, 0.3) is 0 Å². The molecule has 2 aromatic rings. The zero-order valence-electron chi connectivity index (χ0n) is 10.5. The third-order valence-electron chi connectivity index (χ3n) is 2.43. The quantitative estimate of drug-likeness (QED) is 0.821. The summed E-state index contributed by atoms with van der Waals surface area (Å²) in [7, 11) is 0. The maximum atomic E-state index is 5.97. The van der Waals surface area contributed by atoms with E-state index in [9.17, 15) is 0 Å². The van der Waals surface area contributed by atoms with Crippen molar-refractivity contribution in [2.24, 2.45) is 0 Å². The number of aryl methyl sites for hydroxylation is 1. The van der Waals surface area contributed by atoms with E-state index in [1.165, 1.54) is 0 Å². The lowest BCUT2D eigenvalue weighted by molar-refractivity contribution is 0.967. The average Bonchev–Trinajstić information content (AvgIpc) is 2.41. The molecule has 0 saturated heterocycles. The van der Waals surface area contributed by atoms with Crippen molar-refractivity contribution in [1.82, 2.24) is 15.2 Å². The summed E-state index contributed by atoms with van der Waals surface area (Å²) in [5.74, 6) is 1.05. The second kappa shape index (κ2) is 6.15. The number of aromatic nitrogens is 3. The summed E-state index contributed by atoms with van der Waals surface area (Å²) in [6.07, 6.45) is 3.28. The van der Waals surface area contributed by atoms with Crippen LogP contribution in [0.15, 0.2) is 37.1 Å². The zero-order chi connectivity index (χ0) is 13.7. The van der Waals surface area contributed by atoms with Crippen molar-refractivity contribution >= 4 is 29.1 Å². The van der Waals surface area contributed by atoms with Crippen molar-refractivity contribution in [3.63, 3.8) is 0 Å². The van der Waals surface area contributed by atoms with Gasteiger partial charge in [-0.3, -0.25) is 0 Å². The van der Waals surface area contributed by atoms with Crippen LogP contribution in [0.5, 0.6) is 0 Å². The van der Waals surface area contributed by atoms with Gasteiger partial charge in [0.2, 0.25) is 5.95 Å². The van der Waals surface area contributed by atoms with Crippen LogP contribution in [-0.2, 0) is 0 Å². The van der Waals surface area contributed by atoms with Crippen LogP contribution in [0.2, 0.25) is 5.02 Å². The predicted molar refractivity (Wildman–Crippen MR) is 78.0 cm³/mol. The summed E-state index contributed by atoms with van der Waals surface area (Å²) in [6, 6.07) is 5.63. The van der Waals surface area contributed by atoms with Crippen LogP contribution in [0.3, 0.4) is 0 Å². The number of hydrogen-bond donors (Lipinski definition) is 2. The number of benzene rings is 1. The Hall–Kier alpha value is -2.14. The first-order chi connectivity index (χ1) is 9.19. The summed E-state index contributed by atoms with van der Waals surface area (Å²) in [4.78, 5) is 4.29. The van der Waals surface area contributed by atoms with Crippen molar-refractivity contribution in [1.29, 1.82) is 0 Å². The summed E-state index contributed by atoms with van der Waals surface area (Å²) in [5.41, 5.74) is 1.96. The number of nitrogens with one attached hydrogen (secondary N) is 2. The molecule has 0 aliphatic heterocycles. The number of rotatable bonds is 5. The maximum absolute atomic E-state index is 5.97. The Bertz CT molecular complexity index is 585. The summed E-state index contributed by atoms with van der Waals surface area (Å²) < 4.78 is 0. The van der Waals surface area contributed by atoms with Crippen molar-refractivity contribution in [2.45, 2.75) is 6.92 Å². The second-order valence-electron chi connectivity index (χ2n) is 3.92. The van der Waals surface area contributed by atoms with Crippen molar-refractivity contribution < 1.29 is 0 Å². The molecule has 6 heteroatoms. The largest absolute Gasteiger partial charge is 0.349 e. The highest BCUT2D eigenvalue weighted by atomic mass is 35.5. The van der Waals surface area contributed by atoms with Gasteiger partial charge in [-0.1, -0.05) is 23.7 Å². The van der Waals surface area contributed by atoms with Gasteiger partial charge < -0.3 is 10.6 Å². The second-order valence-corrected chi connectivity index (χ2v) is 4.36. The molecular weight excluding hydrogens is 262 g/mol. The Morgan fingerprint density at radius 3 is 3.05 bits per heavy atom. The van der Waals surface area contributed by atoms with Gasteiger partial charge in [-0.15, -0.1) is 11.7 Å². The smallest absolute Gasteiger partial charge is 0.244 e. The van der Waals surface area contributed by atoms with Crippen LogP contribution in [-0.4, -0.2) is 21.7 Å². The molecule has 0 unspecified atom stereocenters. The van der Waals surface area contributed by atoms with E-state index in [1.54, 1.807) is 12.3 Å². The Balaban J connectivity index is 2.18. The van der Waals surface area contributed by atoms with Crippen molar-refractivity contribution in [2.75, 3.05) is 17.2 Å². The van der Waals surface area contributed by atoms with E-state index in [2.05, 4.69) is 32.4 Å². The van der Waals surface area contributed by atoms with Crippen LogP contribution < -0.4 is 10.6 Å². The van der Waals surface area contributed by atoms with Crippen LogP contribution in [0.1, 0.15) is 5.56 Å². The minimum Gasteiger partial charge on any atom is -0.349 e. The molecular formula is C13H14ClN5. The Labute approximate surface area is 116 Å². The topological polar surface area (TPSA) is 62.7 Å². The van der Waals surface area contributed by atoms with Gasteiger partial charge in [-0.2, -0.15) is 10.1 Å². The fourth-order valence-corrected chi connectivity index (χ4v) is 1.64. The van der Waals surface area contributed by atoms with E-state index < -0.39 is 0 Å². The minimum absolute atomic E-state index is 0.449. The summed E-state index contributed by atoms with van der Waals surface area (Å²) in [5, 5.41) is 14.6. The minimum atomic E-state index is 0.449. The van der Waals surface area contributed by atoms with E-state index in [0.29, 0.717) is 23.3 Å². The first-order valence-corrected chi connectivity index (χ1v) is 6.14. The van der Waals surface area contributed by atoms with Gasteiger partial charge in [-0.05, 0) is 24.6 Å². The van der Waals surface area contributed by atoms with Gasteiger partial charge >= 0.3 is 0 Å². The number of halogens is 1. The molecule has 1 aromatic carbocycles. The molecule has 0 aliphatic carbocycles. The molecule has 0 amide bonds. The van der Waals surface area contributed by atoms with Crippen LogP contribution in [0, 0.1) is 6.92 Å². The lowest BCUT2D eigenvalue weighted by Crippen LogP contribution is -2.06. The highest BCUT2D eigenvalue weighted by Crippen LogP contribution is 2.23. The average molecular weight is 276 g/mol. The third kappa shape index (κ3) is 3.66. The Morgan fingerprint density at radius 1 is 1.42 bits per heavy atom. The van der Waals surface area contributed by atoms with Gasteiger partial charge in [-0.25, -0.2) is 0 Å². The van der Waals surface area contributed by atoms with Crippen LogP contribution >= 0.6 is 11.6 Å². The zero-order valence-corrected chi connectivity index (χ0v) is 11.3. The molecule has 2 N–H and O–H groups in total. The monoisotopic (exact) mass is 275 g/mol. The lowest BCUT2D eigenvalue weighted by Gasteiger charge is -2.09. The first-order valence-electron chi connectivity index (χ1n) is 5.76. The fourth-order valence-electron chi connectivity index (χ4n) is 1.47. The molecule has 0 aliphatic rings. The standard InChI is InChI=1S/C13H14ClN5/c1-3-6-15-13-18-12(8-16-19-13)17-11-7-10(14)5-4-9(11)2/h3-5,7-8H,1,6H2,2H3,(H2,15,17,18,19). The molecule has 0 atom stereocenters.